The molecule has 4 heteroatoms. The number of rotatable bonds is 7. The molecular weight excluding hydrogens is 250 g/mol. The second kappa shape index (κ2) is 7.90. The minimum atomic E-state index is 0.0197. The van der Waals surface area contributed by atoms with Crippen LogP contribution >= 0.6 is 0 Å². The van der Waals surface area contributed by atoms with Crippen LogP contribution in [-0.4, -0.2) is 43.5 Å². The zero-order valence-corrected chi connectivity index (χ0v) is 12.3. The van der Waals surface area contributed by atoms with E-state index in [1.54, 1.807) is 0 Å². The molecule has 1 aromatic rings. The Morgan fingerprint density at radius 1 is 1.15 bits per heavy atom. The number of carbonyl (C=O) groups excluding carboxylic acids is 1. The number of benzene rings is 1. The fraction of sp³-hybridized carbons (Fsp3) is 0.562. The van der Waals surface area contributed by atoms with Crippen molar-refractivity contribution >= 4 is 11.6 Å². The molecule has 1 aromatic carbocycles. The molecule has 0 aliphatic carbocycles. The minimum Gasteiger partial charge on any atom is -0.385 e. The Bertz CT molecular complexity index is 410. The van der Waals surface area contributed by atoms with Gasteiger partial charge in [-0.2, -0.15) is 0 Å². The van der Waals surface area contributed by atoms with Crippen molar-refractivity contribution in [2.24, 2.45) is 0 Å². The van der Waals surface area contributed by atoms with E-state index < -0.39 is 0 Å². The van der Waals surface area contributed by atoms with E-state index in [0.29, 0.717) is 0 Å². The number of likely N-dealkylation sites (tertiary alicyclic amines) is 1. The molecule has 0 spiro atoms. The zero-order chi connectivity index (χ0) is 14.2. The predicted molar refractivity (Wildman–Crippen MR) is 83.2 cm³/mol. The number of nitrogens with zero attached hydrogens (tertiary/aromatic N) is 1. The maximum Gasteiger partial charge on any atom is 0.251 e. The highest BCUT2D eigenvalue weighted by atomic mass is 16.1. The lowest BCUT2D eigenvalue weighted by molar-refractivity contribution is 0.0950. The topological polar surface area (TPSA) is 44.4 Å². The van der Waals surface area contributed by atoms with Gasteiger partial charge in [0.15, 0.2) is 0 Å². The molecule has 0 bridgehead atoms. The van der Waals surface area contributed by atoms with Crippen LogP contribution in [-0.2, 0) is 0 Å². The van der Waals surface area contributed by atoms with Gasteiger partial charge in [-0.1, -0.05) is 6.92 Å². The predicted octanol–water partition coefficient (Wildman–Crippen LogP) is 2.33. The maximum atomic E-state index is 12.0. The van der Waals surface area contributed by atoms with Crippen LogP contribution in [0.1, 0.15) is 36.5 Å². The Kier molecular flexibility index (Phi) is 5.87. The first-order valence-electron chi connectivity index (χ1n) is 7.64. The summed E-state index contributed by atoms with van der Waals surface area (Å²) >= 11 is 0. The molecule has 1 heterocycles. The summed E-state index contributed by atoms with van der Waals surface area (Å²) in [6.45, 7) is 7.13. The average Bonchev–Trinajstić information content (AvgIpc) is 2.99. The van der Waals surface area contributed by atoms with Gasteiger partial charge in [0.1, 0.15) is 0 Å². The van der Waals surface area contributed by atoms with Gasteiger partial charge in [0.2, 0.25) is 0 Å². The first kappa shape index (κ1) is 14.9. The Labute approximate surface area is 121 Å². The van der Waals surface area contributed by atoms with E-state index in [9.17, 15) is 4.79 Å². The quantitative estimate of drug-likeness (QED) is 0.803. The molecule has 4 nitrogen and oxygen atoms in total. The van der Waals surface area contributed by atoms with E-state index >= 15 is 0 Å². The lowest BCUT2D eigenvalue weighted by atomic mass is 10.2. The van der Waals surface area contributed by atoms with Crippen LogP contribution in [0.2, 0.25) is 0 Å². The van der Waals surface area contributed by atoms with Gasteiger partial charge in [-0.3, -0.25) is 4.79 Å². The maximum absolute atomic E-state index is 12.0. The van der Waals surface area contributed by atoms with Crippen LogP contribution < -0.4 is 10.6 Å². The molecular formula is C16H25N3O. The number of anilines is 1. The second-order valence-electron chi connectivity index (χ2n) is 5.31. The first-order chi connectivity index (χ1) is 9.79. The average molecular weight is 275 g/mol. The van der Waals surface area contributed by atoms with Gasteiger partial charge >= 0.3 is 0 Å². The van der Waals surface area contributed by atoms with Crippen molar-refractivity contribution in [1.29, 1.82) is 0 Å². The molecule has 1 aliphatic heterocycles. The fourth-order valence-electron chi connectivity index (χ4n) is 2.44. The second-order valence-corrected chi connectivity index (χ2v) is 5.31. The largest absolute Gasteiger partial charge is 0.385 e. The number of hydrogen-bond donors (Lipinski definition) is 2. The molecule has 1 amide bonds. The zero-order valence-electron chi connectivity index (χ0n) is 12.3. The Balaban J connectivity index is 1.73. The molecule has 1 fully saturated rings. The number of amides is 1. The molecule has 0 radical (unpaired) electrons. The molecule has 0 atom stereocenters. The Morgan fingerprint density at radius 3 is 2.50 bits per heavy atom. The lowest BCUT2D eigenvalue weighted by Gasteiger charge is -2.14. The van der Waals surface area contributed by atoms with Crippen LogP contribution in [0.25, 0.3) is 0 Å². The van der Waals surface area contributed by atoms with Gasteiger partial charge in [0.05, 0.1) is 0 Å². The van der Waals surface area contributed by atoms with Crippen molar-refractivity contribution in [2.45, 2.75) is 26.2 Å². The molecule has 20 heavy (non-hydrogen) atoms. The molecule has 1 saturated heterocycles. The van der Waals surface area contributed by atoms with Crippen molar-refractivity contribution in [3.05, 3.63) is 29.8 Å². The van der Waals surface area contributed by atoms with Crippen LogP contribution in [0, 0.1) is 0 Å². The van der Waals surface area contributed by atoms with E-state index in [0.717, 1.165) is 37.3 Å². The number of carbonyl (C=O) groups is 1. The van der Waals surface area contributed by atoms with Gasteiger partial charge in [-0.05, 0) is 56.6 Å². The molecule has 0 saturated carbocycles. The van der Waals surface area contributed by atoms with Gasteiger partial charge in [-0.25, -0.2) is 0 Å². The molecule has 1 aliphatic rings. The van der Waals surface area contributed by atoms with E-state index in [2.05, 4.69) is 22.5 Å². The molecule has 110 valence electrons. The number of nitrogens with one attached hydrogen (secondary N) is 2. The normalized spacial score (nSPS) is 15.2. The van der Waals surface area contributed by atoms with Crippen LogP contribution in [0.4, 0.5) is 5.69 Å². The standard InChI is InChI=1S/C16H25N3O/c1-2-9-17-15-7-5-14(6-8-15)16(20)18-10-13-19-11-3-4-12-19/h5-8,17H,2-4,9-13H2,1H3,(H,18,20). The summed E-state index contributed by atoms with van der Waals surface area (Å²) < 4.78 is 0. The monoisotopic (exact) mass is 275 g/mol. The summed E-state index contributed by atoms with van der Waals surface area (Å²) in [5.41, 5.74) is 1.80. The van der Waals surface area contributed by atoms with Crippen LogP contribution in [0.3, 0.4) is 0 Å². The third kappa shape index (κ3) is 4.53. The number of hydrogen-bond acceptors (Lipinski definition) is 3. The lowest BCUT2D eigenvalue weighted by Crippen LogP contribution is -2.33. The third-order valence-corrected chi connectivity index (χ3v) is 3.64. The van der Waals surface area contributed by atoms with Gasteiger partial charge in [0.25, 0.3) is 5.91 Å². The van der Waals surface area contributed by atoms with E-state index in [1.807, 2.05) is 24.3 Å². The van der Waals surface area contributed by atoms with Crippen molar-refractivity contribution in [2.75, 3.05) is 38.0 Å². The summed E-state index contributed by atoms with van der Waals surface area (Å²) in [6, 6.07) is 7.68. The van der Waals surface area contributed by atoms with Gasteiger partial charge in [-0.15, -0.1) is 0 Å². The minimum absolute atomic E-state index is 0.0197. The van der Waals surface area contributed by atoms with E-state index in [1.165, 1.54) is 25.9 Å². The van der Waals surface area contributed by atoms with Crippen molar-refractivity contribution in [3.8, 4) is 0 Å². The summed E-state index contributed by atoms with van der Waals surface area (Å²) in [7, 11) is 0. The highest BCUT2D eigenvalue weighted by Gasteiger charge is 2.11. The molecule has 2 N–H and O–H groups in total. The molecule has 0 aromatic heterocycles. The van der Waals surface area contributed by atoms with Crippen LogP contribution in [0.15, 0.2) is 24.3 Å². The summed E-state index contributed by atoms with van der Waals surface area (Å²) in [5, 5.41) is 6.29. The summed E-state index contributed by atoms with van der Waals surface area (Å²) in [5.74, 6) is 0.0197. The van der Waals surface area contributed by atoms with E-state index in [4.69, 9.17) is 0 Å². The van der Waals surface area contributed by atoms with Gasteiger partial charge < -0.3 is 15.5 Å². The van der Waals surface area contributed by atoms with Crippen molar-refractivity contribution in [3.63, 3.8) is 0 Å². The summed E-state index contributed by atoms with van der Waals surface area (Å²) in [4.78, 5) is 14.4. The fourth-order valence-corrected chi connectivity index (χ4v) is 2.44. The molecule has 0 unspecified atom stereocenters. The first-order valence-corrected chi connectivity index (χ1v) is 7.64. The van der Waals surface area contributed by atoms with Crippen molar-refractivity contribution in [1.82, 2.24) is 10.2 Å². The SMILES string of the molecule is CCCNc1ccc(C(=O)NCCN2CCCC2)cc1. The highest BCUT2D eigenvalue weighted by Crippen LogP contribution is 2.09. The Hall–Kier alpha value is -1.55. The Morgan fingerprint density at radius 2 is 1.85 bits per heavy atom. The summed E-state index contributed by atoms with van der Waals surface area (Å²) in [6.07, 6.45) is 3.68. The highest BCUT2D eigenvalue weighted by molar-refractivity contribution is 5.94. The van der Waals surface area contributed by atoms with Crippen molar-refractivity contribution < 1.29 is 4.79 Å². The van der Waals surface area contributed by atoms with Gasteiger partial charge in [0, 0.05) is 30.9 Å². The molecule has 2 rings (SSSR count). The van der Waals surface area contributed by atoms with Crippen LogP contribution in [0.5, 0.6) is 0 Å². The third-order valence-electron chi connectivity index (χ3n) is 3.64. The smallest absolute Gasteiger partial charge is 0.251 e. The van der Waals surface area contributed by atoms with E-state index in [-0.39, 0.29) is 5.91 Å².